The summed E-state index contributed by atoms with van der Waals surface area (Å²) in [6, 6.07) is 13.8. The van der Waals surface area contributed by atoms with Crippen molar-refractivity contribution in [2.24, 2.45) is 5.92 Å². The molecule has 0 atom stereocenters. The lowest BCUT2D eigenvalue weighted by atomic mass is 9.89. The molecular formula is C26H34N4O. The van der Waals surface area contributed by atoms with Crippen LogP contribution in [0.4, 0.5) is 11.4 Å². The number of hydrogen-bond donors (Lipinski definition) is 2. The maximum absolute atomic E-state index is 12.7. The van der Waals surface area contributed by atoms with Crippen molar-refractivity contribution in [2.75, 3.05) is 43.9 Å². The van der Waals surface area contributed by atoms with E-state index >= 15 is 0 Å². The Morgan fingerprint density at radius 2 is 1.84 bits per heavy atom. The Bertz CT molecular complexity index is 1030. The highest BCUT2D eigenvalue weighted by atomic mass is 16.1. The van der Waals surface area contributed by atoms with E-state index in [0.717, 1.165) is 35.9 Å². The molecule has 1 aliphatic heterocycles. The monoisotopic (exact) mass is 418 g/mol. The van der Waals surface area contributed by atoms with Crippen LogP contribution in [0.3, 0.4) is 0 Å². The lowest BCUT2D eigenvalue weighted by Crippen LogP contribution is -2.35. The number of aromatic nitrogens is 1. The molecule has 1 saturated heterocycles. The van der Waals surface area contributed by atoms with E-state index in [-0.39, 0.29) is 5.91 Å². The molecule has 0 bridgehead atoms. The predicted molar refractivity (Wildman–Crippen MR) is 130 cm³/mol. The number of likely N-dealkylation sites (tertiary alicyclic amines) is 1. The molecule has 1 aromatic heterocycles. The average Bonchev–Trinajstić information content (AvgIpc) is 3.17. The molecule has 1 amide bonds. The van der Waals surface area contributed by atoms with Gasteiger partial charge in [0.05, 0.1) is 0 Å². The molecule has 5 nitrogen and oxygen atoms in total. The van der Waals surface area contributed by atoms with Crippen molar-refractivity contribution in [2.45, 2.75) is 32.6 Å². The number of nitrogens with one attached hydrogen (secondary N) is 2. The second-order valence-corrected chi connectivity index (χ2v) is 9.37. The molecule has 2 heterocycles. The average molecular weight is 419 g/mol. The van der Waals surface area contributed by atoms with E-state index < -0.39 is 0 Å². The molecule has 1 fully saturated rings. The van der Waals surface area contributed by atoms with E-state index in [0.29, 0.717) is 11.5 Å². The second-order valence-electron chi connectivity index (χ2n) is 9.37. The Hall–Kier alpha value is -2.79. The molecule has 2 N–H and O–H groups in total. The van der Waals surface area contributed by atoms with Crippen molar-refractivity contribution in [1.82, 2.24) is 9.88 Å². The number of hydrogen-bond acceptors (Lipinski definition) is 3. The van der Waals surface area contributed by atoms with Crippen molar-refractivity contribution in [3.8, 4) is 0 Å². The molecule has 31 heavy (non-hydrogen) atoms. The van der Waals surface area contributed by atoms with Crippen LogP contribution < -0.4 is 10.2 Å². The van der Waals surface area contributed by atoms with Gasteiger partial charge in [-0.2, -0.15) is 0 Å². The largest absolute Gasteiger partial charge is 0.378 e. The fourth-order valence-corrected chi connectivity index (χ4v) is 4.61. The summed E-state index contributed by atoms with van der Waals surface area (Å²) in [5.41, 5.74) is 5.10. The van der Waals surface area contributed by atoms with Crippen LogP contribution in [-0.4, -0.2) is 49.5 Å². The zero-order valence-corrected chi connectivity index (χ0v) is 19.1. The second kappa shape index (κ2) is 9.15. The number of aromatic amines is 1. The highest BCUT2D eigenvalue weighted by Crippen LogP contribution is 2.34. The lowest BCUT2D eigenvalue weighted by Gasteiger charge is -2.33. The van der Waals surface area contributed by atoms with Gasteiger partial charge in [-0.3, -0.25) is 4.79 Å². The van der Waals surface area contributed by atoms with E-state index in [4.69, 9.17) is 0 Å². The number of benzene rings is 2. The maximum atomic E-state index is 12.7. The minimum Gasteiger partial charge on any atom is -0.378 e. The van der Waals surface area contributed by atoms with Crippen LogP contribution in [0, 0.1) is 5.92 Å². The van der Waals surface area contributed by atoms with E-state index in [2.05, 4.69) is 47.4 Å². The van der Waals surface area contributed by atoms with Crippen LogP contribution in [0.15, 0.2) is 48.7 Å². The Labute approximate surface area is 185 Å². The maximum Gasteiger partial charge on any atom is 0.255 e. The minimum absolute atomic E-state index is 0.0799. The highest BCUT2D eigenvalue weighted by Gasteiger charge is 2.23. The van der Waals surface area contributed by atoms with E-state index in [9.17, 15) is 4.79 Å². The van der Waals surface area contributed by atoms with Gasteiger partial charge in [0.15, 0.2) is 0 Å². The summed E-state index contributed by atoms with van der Waals surface area (Å²) in [7, 11) is 3.99. The fourth-order valence-electron chi connectivity index (χ4n) is 4.61. The van der Waals surface area contributed by atoms with Gasteiger partial charge in [0.1, 0.15) is 0 Å². The summed E-state index contributed by atoms with van der Waals surface area (Å²) >= 11 is 0. The van der Waals surface area contributed by atoms with Crippen LogP contribution in [0.1, 0.15) is 48.5 Å². The Balaban J connectivity index is 1.47. The Kier molecular flexibility index (Phi) is 6.33. The lowest BCUT2D eigenvalue weighted by molar-refractivity contribution is 0.102. The number of anilines is 2. The van der Waals surface area contributed by atoms with E-state index in [1.165, 1.54) is 30.3 Å². The molecule has 164 valence electrons. The minimum atomic E-state index is -0.0799. The number of H-pyrrole nitrogens is 1. The standard InChI is InChI=1S/C26H34N4O/c1-18(2)17-30-13-11-19(12-14-30)24-16-27-25-10-7-21(15-23(24)25)28-26(31)20-5-8-22(9-6-20)29(3)4/h5-10,15-16,18-19,27H,11-14,17H2,1-4H3,(H,28,31). The topological polar surface area (TPSA) is 51.4 Å². The fraction of sp³-hybridized carbons (Fsp3) is 0.423. The summed E-state index contributed by atoms with van der Waals surface area (Å²) in [6.45, 7) is 8.09. The predicted octanol–water partition coefficient (Wildman–Crippen LogP) is 5.32. The summed E-state index contributed by atoms with van der Waals surface area (Å²) in [4.78, 5) is 20.8. The third-order valence-electron chi connectivity index (χ3n) is 6.27. The van der Waals surface area contributed by atoms with Gasteiger partial charge in [0, 0.05) is 54.7 Å². The normalized spacial score (nSPS) is 15.5. The Morgan fingerprint density at radius 3 is 2.48 bits per heavy atom. The summed E-state index contributed by atoms with van der Waals surface area (Å²) in [5.74, 6) is 1.21. The van der Waals surface area contributed by atoms with Gasteiger partial charge in [-0.15, -0.1) is 0 Å². The first kappa shape index (κ1) is 21.4. The van der Waals surface area contributed by atoms with Gasteiger partial charge in [-0.25, -0.2) is 0 Å². The zero-order chi connectivity index (χ0) is 22.0. The molecule has 5 heteroatoms. The first-order valence-corrected chi connectivity index (χ1v) is 11.3. The van der Waals surface area contributed by atoms with Crippen molar-refractivity contribution in [3.63, 3.8) is 0 Å². The first-order chi connectivity index (χ1) is 14.9. The third-order valence-corrected chi connectivity index (χ3v) is 6.27. The Morgan fingerprint density at radius 1 is 1.13 bits per heavy atom. The number of piperidine rings is 1. The SMILES string of the molecule is CC(C)CN1CCC(c2c[nH]c3ccc(NC(=O)c4ccc(N(C)C)cc4)cc23)CC1. The summed E-state index contributed by atoms with van der Waals surface area (Å²) in [5, 5.41) is 4.30. The number of amides is 1. The molecule has 0 saturated carbocycles. The van der Waals surface area contributed by atoms with Crippen LogP contribution in [-0.2, 0) is 0 Å². The van der Waals surface area contributed by atoms with Crippen LogP contribution in [0.5, 0.6) is 0 Å². The van der Waals surface area contributed by atoms with Crippen LogP contribution in [0.2, 0.25) is 0 Å². The van der Waals surface area contributed by atoms with Crippen molar-refractivity contribution < 1.29 is 4.79 Å². The molecule has 0 spiro atoms. The molecule has 1 aliphatic rings. The summed E-state index contributed by atoms with van der Waals surface area (Å²) in [6.07, 6.45) is 4.54. The van der Waals surface area contributed by atoms with Crippen molar-refractivity contribution in [1.29, 1.82) is 0 Å². The molecule has 2 aromatic carbocycles. The van der Waals surface area contributed by atoms with Crippen molar-refractivity contribution >= 4 is 28.2 Å². The van der Waals surface area contributed by atoms with Gasteiger partial charge < -0.3 is 20.1 Å². The van der Waals surface area contributed by atoms with Crippen molar-refractivity contribution in [3.05, 3.63) is 59.8 Å². The molecular weight excluding hydrogens is 384 g/mol. The number of nitrogens with zero attached hydrogens (tertiary/aromatic N) is 2. The molecule has 0 radical (unpaired) electrons. The number of rotatable bonds is 6. The molecule has 0 unspecified atom stereocenters. The van der Waals surface area contributed by atoms with Crippen LogP contribution >= 0.6 is 0 Å². The quantitative estimate of drug-likeness (QED) is 0.569. The number of carbonyl (C=O) groups is 1. The summed E-state index contributed by atoms with van der Waals surface area (Å²) < 4.78 is 0. The smallest absolute Gasteiger partial charge is 0.255 e. The third kappa shape index (κ3) is 4.93. The number of carbonyl (C=O) groups excluding carboxylic acids is 1. The van der Waals surface area contributed by atoms with E-state index in [1.807, 2.05) is 49.3 Å². The first-order valence-electron chi connectivity index (χ1n) is 11.3. The van der Waals surface area contributed by atoms with Gasteiger partial charge in [0.2, 0.25) is 0 Å². The zero-order valence-electron chi connectivity index (χ0n) is 19.1. The molecule has 3 aromatic rings. The van der Waals surface area contributed by atoms with Crippen LogP contribution in [0.25, 0.3) is 10.9 Å². The van der Waals surface area contributed by atoms with Gasteiger partial charge >= 0.3 is 0 Å². The van der Waals surface area contributed by atoms with Gasteiger partial charge in [0.25, 0.3) is 5.91 Å². The molecule has 4 rings (SSSR count). The highest BCUT2D eigenvalue weighted by molar-refractivity contribution is 6.05. The van der Waals surface area contributed by atoms with Gasteiger partial charge in [-0.05, 0) is 85.8 Å². The van der Waals surface area contributed by atoms with Gasteiger partial charge in [-0.1, -0.05) is 13.8 Å². The van der Waals surface area contributed by atoms with E-state index in [1.54, 1.807) is 0 Å². The number of fused-ring (bicyclic) bond motifs is 1. The molecule has 0 aliphatic carbocycles.